The van der Waals surface area contributed by atoms with Gasteiger partial charge >= 0.3 is 11.9 Å². The molecule has 5 nitrogen and oxygen atoms in total. The van der Waals surface area contributed by atoms with Crippen molar-refractivity contribution >= 4 is 11.9 Å². The largest absolute Gasteiger partial charge is 0.497 e. The Kier molecular flexibility index (Phi) is 4.78. The minimum atomic E-state index is -0.513. The first kappa shape index (κ1) is 15.6. The van der Waals surface area contributed by atoms with E-state index in [2.05, 4.69) is 0 Å². The monoisotopic (exact) mass is 300 g/mol. The Bertz CT molecular complexity index is 654. The van der Waals surface area contributed by atoms with Gasteiger partial charge in [-0.25, -0.2) is 9.59 Å². The molecule has 114 valence electrons. The van der Waals surface area contributed by atoms with Crippen molar-refractivity contribution in [2.75, 3.05) is 21.3 Å². The van der Waals surface area contributed by atoms with E-state index in [1.165, 1.54) is 20.3 Å². The lowest BCUT2D eigenvalue weighted by Gasteiger charge is -2.09. The number of hydrogen-bond acceptors (Lipinski definition) is 5. The van der Waals surface area contributed by atoms with Gasteiger partial charge in [0.05, 0.1) is 32.5 Å². The average molecular weight is 300 g/mol. The van der Waals surface area contributed by atoms with Crippen molar-refractivity contribution in [1.82, 2.24) is 0 Å². The molecule has 2 aromatic carbocycles. The smallest absolute Gasteiger partial charge is 0.337 e. The fourth-order valence-electron chi connectivity index (χ4n) is 2.05. The molecule has 0 saturated carbocycles. The number of methoxy groups -OCH3 is 3. The van der Waals surface area contributed by atoms with Gasteiger partial charge in [0.15, 0.2) is 0 Å². The molecule has 0 bridgehead atoms. The summed E-state index contributed by atoms with van der Waals surface area (Å²) in [5.74, 6) is -0.304. The summed E-state index contributed by atoms with van der Waals surface area (Å²) >= 11 is 0. The van der Waals surface area contributed by atoms with E-state index in [4.69, 9.17) is 14.2 Å². The first-order valence-electron chi connectivity index (χ1n) is 6.55. The van der Waals surface area contributed by atoms with Gasteiger partial charge in [0.1, 0.15) is 5.75 Å². The predicted octanol–water partition coefficient (Wildman–Crippen LogP) is 2.94. The Morgan fingerprint density at radius 3 is 1.64 bits per heavy atom. The van der Waals surface area contributed by atoms with E-state index < -0.39 is 11.9 Å². The SMILES string of the molecule is COC(=O)c1cc(C(=O)OC)cc(-c2ccc(OC)cc2)c1. The first-order valence-corrected chi connectivity index (χ1v) is 6.55. The molecule has 0 heterocycles. The van der Waals surface area contributed by atoms with Crippen molar-refractivity contribution in [2.45, 2.75) is 0 Å². The van der Waals surface area contributed by atoms with Crippen molar-refractivity contribution in [2.24, 2.45) is 0 Å². The lowest BCUT2D eigenvalue weighted by molar-refractivity contribution is 0.0599. The molecule has 0 fully saturated rings. The van der Waals surface area contributed by atoms with Crippen LogP contribution in [0.15, 0.2) is 42.5 Å². The molecule has 0 amide bonds. The number of rotatable bonds is 4. The quantitative estimate of drug-likeness (QED) is 0.812. The van der Waals surface area contributed by atoms with Gasteiger partial charge in [-0.15, -0.1) is 0 Å². The zero-order valence-corrected chi connectivity index (χ0v) is 12.6. The summed E-state index contributed by atoms with van der Waals surface area (Å²) in [7, 11) is 4.17. The van der Waals surface area contributed by atoms with Gasteiger partial charge in [-0.3, -0.25) is 0 Å². The predicted molar refractivity (Wildman–Crippen MR) is 81.1 cm³/mol. The van der Waals surface area contributed by atoms with Crippen LogP contribution in [0.5, 0.6) is 5.75 Å². The van der Waals surface area contributed by atoms with E-state index in [1.54, 1.807) is 31.4 Å². The lowest BCUT2D eigenvalue weighted by atomic mass is 9.99. The van der Waals surface area contributed by atoms with Gasteiger partial charge in [-0.1, -0.05) is 12.1 Å². The molecule has 0 radical (unpaired) electrons. The van der Waals surface area contributed by atoms with Gasteiger partial charge in [0, 0.05) is 0 Å². The van der Waals surface area contributed by atoms with E-state index >= 15 is 0 Å². The summed E-state index contributed by atoms with van der Waals surface area (Å²) in [6.45, 7) is 0. The van der Waals surface area contributed by atoms with Crippen LogP contribution in [0, 0.1) is 0 Å². The molecule has 0 atom stereocenters. The Morgan fingerprint density at radius 2 is 1.23 bits per heavy atom. The zero-order valence-electron chi connectivity index (χ0n) is 12.6. The van der Waals surface area contributed by atoms with Crippen LogP contribution in [0.4, 0.5) is 0 Å². The van der Waals surface area contributed by atoms with Gasteiger partial charge < -0.3 is 14.2 Å². The average Bonchev–Trinajstić information content (AvgIpc) is 2.59. The molecule has 2 rings (SSSR count). The Balaban J connectivity index is 2.53. The molecule has 0 aliphatic carbocycles. The van der Waals surface area contributed by atoms with Crippen LogP contribution in [0.25, 0.3) is 11.1 Å². The molecule has 22 heavy (non-hydrogen) atoms. The lowest BCUT2D eigenvalue weighted by Crippen LogP contribution is -2.07. The Hall–Kier alpha value is -2.82. The van der Waals surface area contributed by atoms with Crippen molar-refractivity contribution < 1.29 is 23.8 Å². The molecule has 0 aliphatic heterocycles. The van der Waals surface area contributed by atoms with Crippen LogP contribution in [0.1, 0.15) is 20.7 Å². The van der Waals surface area contributed by atoms with E-state index in [0.29, 0.717) is 5.56 Å². The second-order valence-electron chi connectivity index (χ2n) is 4.51. The molecule has 2 aromatic rings. The zero-order chi connectivity index (χ0) is 16.1. The van der Waals surface area contributed by atoms with Crippen LogP contribution < -0.4 is 4.74 Å². The highest BCUT2D eigenvalue weighted by Crippen LogP contribution is 2.25. The maximum atomic E-state index is 11.8. The van der Waals surface area contributed by atoms with E-state index in [9.17, 15) is 9.59 Å². The van der Waals surface area contributed by atoms with Crippen molar-refractivity contribution in [3.05, 3.63) is 53.6 Å². The normalized spacial score (nSPS) is 9.95. The molecular weight excluding hydrogens is 284 g/mol. The maximum absolute atomic E-state index is 11.8. The highest BCUT2D eigenvalue weighted by atomic mass is 16.5. The molecule has 0 unspecified atom stereocenters. The highest BCUT2D eigenvalue weighted by molar-refractivity contribution is 5.97. The van der Waals surface area contributed by atoms with Crippen molar-refractivity contribution in [3.8, 4) is 16.9 Å². The Labute approximate surface area is 128 Å². The molecule has 5 heteroatoms. The second-order valence-corrected chi connectivity index (χ2v) is 4.51. The summed E-state index contributed by atoms with van der Waals surface area (Å²) in [4.78, 5) is 23.5. The Morgan fingerprint density at radius 1 is 0.727 bits per heavy atom. The summed E-state index contributed by atoms with van der Waals surface area (Å²) in [5.41, 5.74) is 2.13. The maximum Gasteiger partial charge on any atom is 0.337 e. The second kappa shape index (κ2) is 6.76. The molecular formula is C17H16O5. The van der Waals surface area contributed by atoms with Crippen LogP contribution >= 0.6 is 0 Å². The number of carbonyl (C=O) groups is 2. The number of hydrogen-bond donors (Lipinski definition) is 0. The van der Waals surface area contributed by atoms with Crippen LogP contribution in [-0.4, -0.2) is 33.3 Å². The summed E-state index contributed by atoms with van der Waals surface area (Å²) in [6, 6.07) is 12.1. The van der Waals surface area contributed by atoms with E-state index in [1.807, 2.05) is 12.1 Å². The highest BCUT2D eigenvalue weighted by Gasteiger charge is 2.14. The number of ether oxygens (including phenoxy) is 3. The summed E-state index contributed by atoms with van der Waals surface area (Å²) in [5, 5.41) is 0. The van der Waals surface area contributed by atoms with Gasteiger partial charge in [0.25, 0.3) is 0 Å². The van der Waals surface area contributed by atoms with Gasteiger partial charge in [-0.05, 0) is 41.5 Å². The van der Waals surface area contributed by atoms with Crippen LogP contribution in [0.2, 0.25) is 0 Å². The molecule has 0 aromatic heterocycles. The number of benzene rings is 2. The topological polar surface area (TPSA) is 61.8 Å². The summed E-state index contributed by atoms with van der Waals surface area (Å²) in [6.07, 6.45) is 0. The van der Waals surface area contributed by atoms with Gasteiger partial charge in [0.2, 0.25) is 0 Å². The van der Waals surface area contributed by atoms with Crippen LogP contribution in [-0.2, 0) is 9.47 Å². The fraction of sp³-hybridized carbons (Fsp3) is 0.176. The minimum absolute atomic E-state index is 0.288. The molecule has 0 aliphatic rings. The molecule has 0 spiro atoms. The number of esters is 2. The third-order valence-electron chi connectivity index (χ3n) is 3.20. The molecule has 0 saturated heterocycles. The van der Waals surface area contributed by atoms with E-state index in [0.717, 1.165) is 11.3 Å². The molecule has 0 N–H and O–H groups in total. The summed E-state index contributed by atoms with van der Waals surface area (Å²) < 4.78 is 14.6. The van der Waals surface area contributed by atoms with Crippen LogP contribution in [0.3, 0.4) is 0 Å². The van der Waals surface area contributed by atoms with Crippen molar-refractivity contribution in [1.29, 1.82) is 0 Å². The first-order chi connectivity index (χ1) is 10.6. The number of carbonyl (C=O) groups excluding carboxylic acids is 2. The van der Waals surface area contributed by atoms with Crippen molar-refractivity contribution in [3.63, 3.8) is 0 Å². The third-order valence-corrected chi connectivity index (χ3v) is 3.20. The fourth-order valence-corrected chi connectivity index (χ4v) is 2.05. The third kappa shape index (κ3) is 3.25. The standard InChI is InChI=1S/C17H16O5/c1-20-15-6-4-11(5-7-15)12-8-13(16(18)21-2)10-14(9-12)17(19)22-3/h4-10H,1-3H3. The van der Waals surface area contributed by atoms with E-state index in [-0.39, 0.29) is 11.1 Å². The minimum Gasteiger partial charge on any atom is -0.497 e. The van der Waals surface area contributed by atoms with Gasteiger partial charge in [-0.2, -0.15) is 0 Å².